The molecule has 0 radical (unpaired) electrons. The molecule has 1 N–H and O–H groups in total. The van der Waals surface area contributed by atoms with Gasteiger partial charge in [0.1, 0.15) is 25.1 Å². The third-order valence-electron chi connectivity index (χ3n) is 4.30. The van der Waals surface area contributed by atoms with E-state index in [2.05, 4.69) is 5.32 Å². The normalized spacial score (nSPS) is 11.6. The summed E-state index contributed by atoms with van der Waals surface area (Å²) in [6.45, 7) is 10.5. The molecule has 29 heavy (non-hydrogen) atoms. The Morgan fingerprint density at radius 1 is 1.14 bits per heavy atom. The van der Waals surface area contributed by atoms with Gasteiger partial charge in [-0.2, -0.15) is 0 Å². The number of amides is 1. The molecule has 0 fully saturated rings. The van der Waals surface area contributed by atoms with Gasteiger partial charge in [0.15, 0.2) is 0 Å². The Hall–Kier alpha value is -3.22. The lowest BCUT2D eigenvalue weighted by Gasteiger charge is -2.19. The van der Waals surface area contributed by atoms with Crippen molar-refractivity contribution in [2.45, 2.75) is 40.0 Å². The van der Waals surface area contributed by atoms with Gasteiger partial charge in [-0.3, -0.25) is 4.79 Å². The van der Waals surface area contributed by atoms with E-state index in [1.165, 1.54) is 6.07 Å². The van der Waals surface area contributed by atoms with Gasteiger partial charge in [0, 0.05) is 31.4 Å². The van der Waals surface area contributed by atoms with Gasteiger partial charge in [0.25, 0.3) is 5.91 Å². The van der Waals surface area contributed by atoms with Crippen LogP contribution in [0, 0.1) is 12.7 Å². The van der Waals surface area contributed by atoms with Crippen LogP contribution in [0.5, 0.6) is 5.75 Å². The Labute approximate surface area is 170 Å². The lowest BCUT2D eigenvalue weighted by Crippen LogP contribution is -2.26. The largest absolute Gasteiger partial charge is 0.490 e. The van der Waals surface area contributed by atoms with Crippen LogP contribution in [0.2, 0.25) is 0 Å². The Balaban J connectivity index is 0.000000989. The van der Waals surface area contributed by atoms with Crippen LogP contribution in [0.1, 0.15) is 40.9 Å². The molecule has 7 heteroatoms. The Bertz CT molecular complexity index is 853. The van der Waals surface area contributed by atoms with Gasteiger partial charge < -0.3 is 24.5 Å². The smallest absolute Gasteiger partial charge is 0.258 e. The molecule has 3 rings (SSSR count). The molecular formula is C22H27FN2O4. The highest BCUT2D eigenvalue weighted by Gasteiger charge is 2.29. The first-order chi connectivity index (χ1) is 13.9. The number of halogens is 1. The monoisotopic (exact) mass is 402 g/mol. The fourth-order valence-electron chi connectivity index (χ4n) is 3.09. The van der Waals surface area contributed by atoms with Crippen LogP contribution < -0.4 is 10.1 Å². The minimum absolute atomic E-state index is 0.0272. The van der Waals surface area contributed by atoms with E-state index in [-0.39, 0.29) is 24.4 Å². The van der Waals surface area contributed by atoms with Gasteiger partial charge in [-0.15, -0.1) is 0 Å². The summed E-state index contributed by atoms with van der Waals surface area (Å²) in [5.74, 6) is 0.152. The van der Waals surface area contributed by atoms with E-state index in [1.54, 1.807) is 11.9 Å². The summed E-state index contributed by atoms with van der Waals surface area (Å²) < 4.78 is 20.1. The average Bonchev–Trinajstić information content (AvgIpc) is 3.16. The van der Waals surface area contributed by atoms with Gasteiger partial charge in [0.05, 0.1) is 11.7 Å². The Kier molecular flexibility index (Phi) is 8.99. The number of hydrogen-bond acceptors (Lipinski definition) is 5. The number of aryl methyl sites for hydroxylation is 1. The van der Waals surface area contributed by atoms with Crippen molar-refractivity contribution in [3.63, 3.8) is 0 Å². The molecule has 0 unspecified atom stereocenters. The highest BCUT2D eigenvalue weighted by atomic mass is 19.1. The standard InChI is InChI=1S/C20H23FN2O2.2CH2O/c1-12(2)25-19-6-5-13(3)7-16(19)20(24)23-10-14-8-15(22-4)9-18(21)17(14)11-23;2*1-2/h5-9,12,22H,10-11H2,1-4H3;2*1H2. The van der Waals surface area contributed by atoms with Crippen LogP contribution >= 0.6 is 0 Å². The molecule has 1 amide bonds. The van der Waals surface area contributed by atoms with Crippen molar-refractivity contribution >= 4 is 25.2 Å². The average molecular weight is 402 g/mol. The van der Waals surface area contributed by atoms with Gasteiger partial charge in [-0.1, -0.05) is 11.6 Å². The molecule has 1 heterocycles. The van der Waals surface area contributed by atoms with Crippen LogP contribution in [0.3, 0.4) is 0 Å². The van der Waals surface area contributed by atoms with Crippen molar-refractivity contribution in [3.8, 4) is 5.75 Å². The minimum atomic E-state index is -0.278. The maximum atomic E-state index is 14.3. The van der Waals surface area contributed by atoms with Crippen LogP contribution in [-0.2, 0) is 22.7 Å². The number of fused-ring (bicyclic) bond motifs is 1. The van der Waals surface area contributed by atoms with E-state index in [1.807, 2.05) is 58.6 Å². The second kappa shape index (κ2) is 10.9. The lowest BCUT2D eigenvalue weighted by molar-refractivity contribution is -0.0987. The number of rotatable bonds is 4. The van der Waals surface area contributed by atoms with E-state index in [0.29, 0.717) is 29.1 Å². The number of nitrogens with zero attached hydrogens (tertiary/aromatic N) is 1. The lowest BCUT2D eigenvalue weighted by atomic mass is 10.1. The number of hydrogen-bond donors (Lipinski definition) is 1. The maximum absolute atomic E-state index is 14.3. The maximum Gasteiger partial charge on any atom is 0.258 e. The predicted octanol–water partition coefficient (Wildman–Crippen LogP) is 3.75. The first kappa shape index (κ1) is 23.8. The van der Waals surface area contributed by atoms with E-state index in [0.717, 1.165) is 11.1 Å². The quantitative estimate of drug-likeness (QED) is 0.843. The zero-order valence-corrected chi connectivity index (χ0v) is 17.3. The van der Waals surface area contributed by atoms with Crippen molar-refractivity contribution in [2.75, 3.05) is 12.4 Å². The molecule has 6 nitrogen and oxygen atoms in total. The van der Waals surface area contributed by atoms with Gasteiger partial charge in [-0.05, 0) is 50.6 Å². The van der Waals surface area contributed by atoms with Gasteiger partial charge >= 0.3 is 0 Å². The minimum Gasteiger partial charge on any atom is -0.490 e. The van der Waals surface area contributed by atoms with E-state index >= 15 is 0 Å². The summed E-state index contributed by atoms with van der Waals surface area (Å²) in [6.07, 6.45) is -0.0272. The second-order valence-corrected chi connectivity index (χ2v) is 6.67. The molecule has 0 aromatic heterocycles. The van der Waals surface area contributed by atoms with E-state index in [9.17, 15) is 9.18 Å². The number of ether oxygens (including phenoxy) is 1. The molecule has 0 atom stereocenters. The third-order valence-corrected chi connectivity index (χ3v) is 4.30. The molecule has 2 aromatic rings. The Morgan fingerprint density at radius 2 is 1.79 bits per heavy atom. The first-order valence-electron chi connectivity index (χ1n) is 9.02. The molecule has 2 aromatic carbocycles. The van der Waals surface area contributed by atoms with Crippen molar-refractivity contribution in [1.82, 2.24) is 4.90 Å². The van der Waals surface area contributed by atoms with Gasteiger partial charge in [0.2, 0.25) is 0 Å². The predicted molar refractivity (Wildman–Crippen MR) is 111 cm³/mol. The molecule has 0 saturated heterocycles. The molecule has 0 bridgehead atoms. The zero-order valence-electron chi connectivity index (χ0n) is 17.3. The molecule has 1 aliphatic rings. The molecule has 1 aliphatic heterocycles. The number of carbonyl (C=O) groups is 3. The topological polar surface area (TPSA) is 75.7 Å². The second-order valence-electron chi connectivity index (χ2n) is 6.67. The van der Waals surface area contributed by atoms with Crippen molar-refractivity contribution in [1.29, 1.82) is 0 Å². The van der Waals surface area contributed by atoms with Crippen molar-refractivity contribution in [3.05, 3.63) is 58.4 Å². The van der Waals surface area contributed by atoms with Crippen LogP contribution in [0.4, 0.5) is 10.1 Å². The van der Waals surface area contributed by atoms with Gasteiger partial charge in [-0.25, -0.2) is 4.39 Å². The Morgan fingerprint density at radius 3 is 2.38 bits per heavy atom. The molecule has 0 aliphatic carbocycles. The number of anilines is 1. The highest BCUT2D eigenvalue weighted by molar-refractivity contribution is 5.97. The summed E-state index contributed by atoms with van der Waals surface area (Å²) in [7, 11) is 1.75. The highest BCUT2D eigenvalue weighted by Crippen LogP contribution is 2.31. The van der Waals surface area contributed by atoms with Crippen molar-refractivity contribution < 1.29 is 23.5 Å². The van der Waals surface area contributed by atoms with Crippen LogP contribution in [-0.4, -0.2) is 37.5 Å². The molecule has 156 valence electrons. The first-order valence-corrected chi connectivity index (χ1v) is 9.02. The van der Waals surface area contributed by atoms with E-state index in [4.69, 9.17) is 14.3 Å². The summed E-state index contributed by atoms with van der Waals surface area (Å²) >= 11 is 0. The third kappa shape index (κ3) is 5.63. The molecule has 0 spiro atoms. The van der Waals surface area contributed by atoms with Crippen LogP contribution in [0.15, 0.2) is 30.3 Å². The van der Waals surface area contributed by atoms with E-state index < -0.39 is 0 Å². The fraction of sp³-hybridized carbons (Fsp3) is 0.318. The molecular weight excluding hydrogens is 375 g/mol. The number of nitrogens with one attached hydrogen (secondary N) is 1. The summed E-state index contributed by atoms with van der Waals surface area (Å²) in [5, 5.41) is 2.95. The number of carbonyl (C=O) groups excluding carboxylic acids is 3. The molecule has 0 saturated carbocycles. The summed E-state index contributed by atoms with van der Waals surface area (Å²) in [5.41, 5.74) is 3.66. The fourth-order valence-corrected chi connectivity index (χ4v) is 3.09. The van der Waals surface area contributed by atoms with Crippen LogP contribution in [0.25, 0.3) is 0 Å². The zero-order chi connectivity index (χ0) is 22.1. The number of benzene rings is 2. The SMILES string of the molecule is C=O.C=O.CNc1cc(F)c2c(c1)CN(C(=O)c1cc(C)ccc1OC(C)C)C2. The summed E-state index contributed by atoms with van der Waals surface area (Å²) in [4.78, 5) is 30.7. The summed E-state index contributed by atoms with van der Waals surface area (Å²) in [6, 6.07) is 8.94. The van der Waals surface area contributed by atoms with Crippen molar-refractivity contribution in [2.24, 2.45) is 0 Å².